The normalized spacial score (nSPS) is 19.5. The van der Waals surface area contributed by atoms with Gasteiger partial charge in [0, 0.05) is 25.1 Å². The Balaban J connectivity index is 1.77. The molecule has 2 aliphatic heterocycles. The Morgan fingerprint density at radius 3 is 2.51 bits per heavy atom. The zero-order valence-corrected chi connectivity index (χ0v) is 25.1. The first-order valence-corrected chi connectivity index (χ1v) is 15.0. The summed E-state index contributed by atoms with van der Waals surface area (Å²) >= 11 is 0. The molecular weight excluding hydrogens is 520 g/mol. The van der Waals surface area contributed by atoms with Crippen LogP contribution in [0.25, 0.3) is 5.76 Å². The maximum absolute atomic E-state index is 13.6. The van der Waals surface area contributed by atoms with Crippen molar-refractivity contribution in [2.45, 2.75) is 72.4 Å². The molecule has 0 bridgehead atoms. The molecule has 0 saturated carbocycles. The Morgan fingerprint density at radius 2 is 1.80 bits per heavy atom. The van der Waals surface area contributed by atoms with Gasteiger partial charge < -0.3 is 29.1 Å². The lowest BCUT2D eigenvalue weighted by Crippen LogP contribution is -2.38. The van der Waals surface area contributed by atoms with E-state index in [9.17, 15) is 14.7 Å². The topological polar surface area (TPSA) is 88.5 Å². The SMILES string of the molecule is CCCCCOc1ccc([C@@H]2C(=C(O)c3ccc4c(c3)C[C@H](C)O4)C(=O)C(=O)N2CCN(CC)CC)cc1OCC. The summed E-state index contributed by atoms with van der Waals surface area (Å²) in [6.07, 6.45) is 3.89. The molecular formula is C33H44N2O6. The highest BCUT2D eigenvalue weighted by Crippen LogP contribution is 2.43. The number of likely N-dealkylation sites (N-methyl/N-ethyl adjacent to an activating group) is 1. The minimum absolute atomic E-state index is 0.0488. The van der Waals surface area contributed by atoms with Crippen LogP contribution in [0.3, 0.4) is 0 Å². The van der Waals surface area contributed by atoms with Gasteiger partial charge in [-0.1, -0.05) is 39.7 Å². The average Bonchev–Trinajstić information content (AvgIpc) is 3.47. The predicted octanol–water partition coefficient (Wildman–Crippen LogP) is 5.74. The van der Waals surface area contributed by atoms with E-state index >= 15 is 0 Å². The Labute approximate surface area is 243 Å². The maximum Gasteiger partial charge on any atom is 0.295 e. The lowest BCUT2D eigenvalue weighted by atomic mass is 9.94. The van der Waals surface area contributed by atoms with Gasteiger partial charge in [-0.3, -0.25) is 9.59 Å². The number of amides is 1. The van der Waals surface area contributed by atoms with E-state index in [2.05, 4.69) is 25.7 Å². The number of unbranched alkanes of at least 4 members (excludes halogenated alkanes) is 2. The molecule has 1 N–H and O–H groups in total. The minimum Gasteiger partial charge on any atom is -0.507 e. The number of carbonyl (C=O) groups is 2. The quantitative estimate of drug-likeness (QED) is 0.135. The molecule has 0 spiro atoms. The number of benzene rings is 2. The number of nitrogens with zero attached hydrogens (tertiary/aromatic N) is 2. The van der Waals surface area contributed by atoms with E-state index in [-0.39, 0.29) is 17.4 Å². The number of Topliss-reactive ketones (excluding diaryl/α,β-unsaturated/α-hetero) is 1. The highest BCUT2D eigenvalue weighted by atomic mass is 16.5. The first-order valence-electron chi connectivity index (χ1n) is 15.0. The van der Waals surface area contributed by atoms with E-state index in [4.69, 9.17) is 14.2 Å². The van der Waals surface area contributed by atoms with Gasteiger partial charge in [0.2, 0.25) is 0 Å². The van der Waals surface area contributed by atoms with Crippen LogP contribution < -0.4 is 14.2 Å². The Bertz CT molecular complexity index is 1270. The predicted molar refractivity (Wildman–Crippen MR) is 160 cm³/mol. The Hall–Kier alpha value is -3.52. The van der Waals surface area contributed by atoms with Gasteiger partial charge in [0.1, 0.15) is 17.6 Å². The summed E-state index contributed by atoms with van der Waals surface area (Å²) in [5, 5.41) is 11.6. The van der Waals surface area contributed by atoms with Crippen molar-refractivity contribution in [3.63, 3.8) is 0 Å². The molecule has 2 aromatic rings. The standard InChI is InChI=1S/C33H44N2O6/c1-6-10-11-18-40-27-15-12-23(21-28(27)39-9-4)30-29(32(37)33(38)35(30)17-16-34(7-2)8-3)31(36)24-13-14-26-25(20-24)19-22(5)41-26/h12-15,20-22,30,36H,6-11,16-19H2,1-5H3/t22-,30+/m0/s1. The first kappa shape index (κ1) is 30.4. The van der Waals surface area contributed by atoms with Gasteiger partial charge in [0.05, 0.1) is 24.8 Å². The number of aliphatic hydroxyl groups excluding tert-OH is 1. The third-order valence-corrected chi connectivity index (χ3v) is 7.85. The number of aliphatic hydroxyl groups is 1. The molecule has 8 nitrogen and oxygen atoms in total. The minimum atomic E-state index is -0.762. The number of hydrogen-bond donors (Lipinski definition) is 1. The number of fused-ring (bicyclic) bond motifs is 1. The lowest BCUT2D eigenvalue weighted by Gasteiger charge is -2.28. The van der Waals surface area contributed by atoms with Gasteiger partial charge in [-0.2, -0.15) is 0 Å². The van der Waals surface area contributed by atoms with E-state index in [1.54, 1.807) is 11.0 Å². The molecule has 8 heteroatoms. The number of hydrogen-bond acceptors (Lipinski definition) is 7. The van der Waals surface area contributed by atoms with Crippen LogP contribution in [-0.2, 0) is 16.0 Å². The Kier molecular flexibility index (Phi) is 10.3. The second-order valence-electron chi connectivity index (χ2n) is 10.7. The van der Waals surface area contributed by atoms with E-state index in [0.717, 1.165) is 50.1 Å². The van der Waals surface area contributed by atoms with Crippen LogP contribution in [0.5, 0.6) is 17.2 Å². The zero-order valence-electron chi connectivity index (χ0n) is 25.1. The van der Waals surface area contributed by atoms with Gasteiger partial charge in [-0.15, -0.1) is 0 Å². The second-order valence-corrected chi connectivity index (χ2v) is 10.7. The van der Waals surface area contributed by atoms with Gasteiger partial charge >= 0.3 is 0 Å². The van der Waals surface area contributed by atoms with E-state index < -0.39 is 17.7 Å². The van der Waals surface area contributed by atoms with Gasteiger partial charge in [0.15, 0.2) is 11.5 Å². The fourth-order valence-corrected chi connectivity index (χ4v) is 5.59. The molecule has 1 amide bonds. The number of rotatable bonds is 14. The van der Waals surface area contributed by atoms with Crippen LogP contribution in [0, 0.1) is 0 Å². The summed E-state index contributed by atoms with van der Waals surface area (Å²) in [4.78, 5) is 30.8. The zero-order chi connectivity index (χ0) is 29.5. The van der Waals surface area contributed by atoms with Crippen molar-refractivity contribution >= 4 is 17.4 Å². The Morgan fingerprint density at radius 1 is 1.02 bits per heavy atom. The fraction of sp³-hybridized carbons (Fsp3) is 0.515. The number of carbonyl (C=O) groups excluding carboxylic acids is 2. The number of likely N-dealkylation sites (tertiary alicyclic amines) is 1. The van der Waals surface area contributed by atoms with Crippen molar-refractivity contribution in [3.05, 3.63) is 58.7 Å². The van der Waals surface area contributed by atoms with E-state index in [1.807, 2.05) is 44.2 Å². The van der Waals surface area contributed by atoms with Crippen LogP contribution >= 0.6 is 0 Å². The molecule has 2 aliphatic rings. The van der Waals surface area contributed by atoms with Crippen molar-refractivity contribution in [2.24, 2.45) is 0 Å². The highest BCUT2D eigenvalue weighted by molar-refractivity contribution is 6.46. The maximum atomic E-state index is 13.6. The summed E-state index contributed by atoms with van der Waals surface area (Å²) in [6, 6.07) is 10.2. The van der Waals surface area contributed by atoms with Gasteiger partial charge in [-0.25, -0.2) is 0 Å². The second kappa shape index (κ2) is 13.9. The smallest absolute Gasteiger partial charge is 0.295 e. The summed E-state index contributed by atoms with van der Waals surface area (Å²) < 4.78 is 17.8. The number of ether oxygens (including phenoxy) is 3. The summed E-state index contributed by atoms with van der Waals surface area (Å²) in [5.41, 5.74) is 2.24. The van der Waals surface area contributed by atoms with Crippen LogP contribution in [0.1, 0.15) is 76.6 Å². The third kappa shape index (κ3) is 6.70. The van der Waals surface area contributed by atoms with Crippen LogP contribution in [-0.4, -0.2) is 72.1 Å². The molecule has 222 valence electrons. The molecule has 2 atom stereocenters. The molecule has 2 aromatic carbocycles. The summed E-state index contributed by atoms with van der Waals surface area (Å²) in [7, 11) is 0. The van der Waals surface area contributed by atoms with Crippen LogP contribution in [0.4, 0.5) is 0 Å². The van der Waals surface area contributed by atoms with E-state index in [1.165, 1.54) is 0 Å². The molecule has 1 fully saturated rings. The van der Waals surface area contributed by atoms with Crippen molar-refractivity contribution in [1.82, 2.24) is 9.80 Å². The molecule has 0 radical (unpaired) electrons. The summed E-state index contributed by atoms with van der Waals surface area (Å²) in [6.45, 7) is 13.8. The third-order valence-electron chi connectivity index (χ3n) is 7.85. The van der Waals surface area contributed by atoms with Gasteiger partial charge in [-0.05, 0) is 74.8 Å². The van der Waals surface area contributed by atoms with Crippen molar-refractivity contribution in [2.75, 3.05) is 39.4 Å². The summed E-state index contributed by atoms with van der Waals surface area (Å²) in [5.74, 6) is 0.480. The van der Waals surface area contributed by atoms with Crippen LogP contribution in [0.2, 0.25) is 0 Å². The van der Waals surface area contributed by atoms with Crippen molar-refractivity contribution in [1.29, 1.82) is 0 Å². The molecule has 41 heavy (non-hydrogen) atoms. The molecule has 0 aromatic heterocycles. The van der Waals surface area contributed by atoms with Crippen LogP contribution in [0.15, 0.2) is 42.0 Å². The molecule has 0 aliphatic carbocycles. The largest absolute Gasteiger partial charge is 0.507 e. The lowest BCUT2D eigenvalue weighted by molar-refractivity contribution is -0.140. The van der Waals surface area contributed by atoms with Crippen molar-refractivity contribution in [3.8, 4) is 17.2 Å². The first-order chi connectivity index (χ1) is 19.8. The van der Waals surface area contributed by atoms with Gasteiger partial charge in [0.25, 0.3) is 11.7 Å². The van der Waals surface area contributed by atoms with Crippen molar-refractivity contribution < 1.29 is 28.9 Å². The fourth-order valence-electron chi connectivity index (χ4n) is 5.59. The van der Waals surface area contributed by atoms with E-state index in [0.29, 0.717) is 48.9 Å². The molecule has 0 unspecified atom stereocenters. The molecule has 4 rings (SSSR count). The average molecular weight is 565 g/mol. The number of ketones is 1. The molecule has 1 saturated heterocycles. The molecule has 2 heterocycles. The highest BCUT2D eigenvalue weighted by Gasteiger charge is 2.46. The monoisotopic (exact) mass is 564 g/mol.